The van der Waals surface area contributed by atoms with Gasteiger partial charge in [0.25, 0.3) is 0 Å². The van der Waals surface area contributed by atoms with Gasteiger partial charge in [-0.15, -0.1) is 0 Å². The van der Waals surface area contributed by atoms with Gasteiger partial charge in [0.2, 0.25) is 0 Å². The Hall–Kier alpha value is -0.860. The third kappa shape index (κ3) is 1.55. The molecule has 3 aliphatic rings. The highest BCUT2D eigenvalue weighted by Crippen LogP contribution is 2.47. The Kier molecular flexibility index (Phi) is 3.28. The molecule has 18 heavy (non-hydrogen) atoms. The summed E-state index contributed by atoms with van der Waals surface area (Å²) >= 11 is 3.43. The fourth-order valence-corrected chi connectivity index (χ4v) is 3.90. The fourth-order valence-electron chi connectivity index (χ4n) is 3.11. The summed E-state index contributed by atoms with van der Waals surface area (Å²) in [6, 6.07) is -0.783. The second kappa shape index (κ2) is 4.36. The normalized spacial score (nSPS) is 41.7. The number of hydrogen-bond acceptors (Lipinski definition) is 4. The average Bonchev–Trinajstić information content (AvgIpc) is 2.75. The van der Waals surface area contributed by atoms with Crippen LogP contribution in [0, 0.1) is 0 Å². The largest absolute Gasteiger partial charge is 0.480 e. The third-order valence-electron chi connectivity index (χ3n) is 3.84. The molecule has 3 rings (SSSR count). The molecule has 0 aromatic rings. The number of carbonyl (C=O) groups excluding carboxylic acids is 1. The van der Waals surface area contributed by atoms with Gasteiger partial charge in [-0.25, -0.2) is 9.59 Å². The topological polar surface area (TPSA) is 108 Å². The lowest BCUT2D eigenvalue weighted by atomic mass is 9.87. The Labute approximate surface area is 111 Å². The number of carbonyl (C=O) groups is 2. The van der Waals surface area contributed by atoms with E-state index in [-0.39, 0.29) is 16.4 Å². The molecule has 0 saturated carbocycles. The van der Waals surface area contributed by atoms with E-state index in [4.69, 9.17) is 14.6 Å². The van der Waals surface area contributed by atoms with Crippen LogP contribution in [0.15, 0.2) is 0 Å². The summed E-state index contributed by atoms with van der Waals surface area (Å²) in [5.74, 6) is -0.976. The maximum atomic E-state index is 11.8. The van der Waals surface area contributed by atoms with Crippen molar-refractivity contribution in [3.05, 3.63) is 0 Å². The second-order valence-electron chi connectivity index (χ2n) is 4.70. The molecule has 1 spiro atoms. The van der Waals surface area contributed by atoms with Crippen molar-refractivity contribution in [3.63, 3.8) is 0 Å². The molecule has 102 valence electrons. The first-order valence-electron chi connectivity index (χ1n) is 5.51. The number of carboxylic acid groups (broad SMARTS) is 1. The van der Waals surface area contributed by atoms with Crippen molar-refractivity contribution < 1.29 is 29.6 Å². The molecule has 3 heterocycles. The van der Waals surface area contributed by atoms with Gasteiger partial charge in [0.1, 0.15) is 17.7 Å². The number of aliphatic carboxylic acids is 1. The molecular formula is C10H14BrNO6. The molecule has 0 aromatic carbocycles. The van der Waals surface area contributed by atoms with Crippen LogP contribution >= 0.6 is 15.9 Å². The van der Waals surface area contributed by atoms with Crippen molar-refractivity contribution in [2.24, 2.45) is 0 Å². The van der Waals surface area contributed by atoms with Crippen LogP contribution < -0.4 is 0 Å². The highest BCUT2D eigenvalue weighted by atomic mass is 79.9. The summed E-state index contributed by atoms with van der Waals surface area (Å²) in [6.07, 6.45) is 0.231. The summed E-state index contributed by atoms with van der Waals surface area (Å²) in [5.41, 5.74) is -0.591. The summed E-state index contributed by atoms with van der Waals surface area (Å²) in [4.78, 5) is 24.3. The van der Waals surface area contributed by atoms with Gasteiger partial charge in [0.05, 0.1) is 18.0 Å². The van der Waals surface area contributed by atoms with E-state index in [0.717, 1.165) is 0 Å². The zero-order chi connectivity index (χ0) is 12.2. The van der Waals surface area contributed by atoms with Crippen LogP contribution in [0.5, 0.6) is 0 Å². The number of amides is 1. The second-order valence-corrected chi connectivity index (χ2v) is 5.88. The minimum absolute atomic E-state index is 0. The van der Waals surface area contributed by atoms with E-state index >= 15 is 0 Å². The van der Waals surface area contributed by atoms with E-state index in [0.29, 0.717) is 26.1 Å². The monoisotopic (exact) mass is 323 g/mol. The number of halogens is 1. The zero-order valence-electron chi connectivity index (χ0n) is 9.47. The van der Waals surface area contributed by atoms with Crippen LogP contribution in [0.1, 0.15) is 12.8 Å². The van der Waals surface area contributed by atoms with Crippen molar-refractivity contribution in [2.75, 3.05) is 13.2 Å². The number of nitrogens with zero attached hydrogens (tertiary/aromatic N) is 1. The molecule has 0 aromatic heterocycles. The SMILES string of the molecule is O.O=C(O)[C@H]1CC[C@@]23COC[C@@H](Br)[C@@H]2OC(=O)N13. The predicted octanol–water partition coefficient (Wildman–Crippen LogP) is -0.238. The Bertz CT molecular complexity index is 391. The average molecular weight is 324 g/mol. The molecule has 3 fully saturated rings. The van der Waals surface area contributed by atoms with Crippen LogP contribution in [0.4, 0.5) is 4.79 Å². The molecule has 1 amide bonds. The van der Waals surface area contributed by atoms with Gasteiger partial charge in [-0.3, -0.25) is 4.90 Å². The van der Waals surface area contributed by atoms with Gasteiger partial charge >= 0.3 is 12.1 Å². The van der Waals surface area contributed by atoms with E-state index in [9.17, 15) is 9.59 Å². The van der Waals surface area contributed by atoms with E-state index in [1.54, 1.807) is 0 Å². The first-order valence-corrected chi connectivity index (χ1v) is 6.42. The van der Waals surface area contributed by atoms with Gasteiger partial charge in [-0.2, -0.15) is 0 Å². The number of rotatable bonds is 1. The minimum atomic E-state index is -0.976. The van der Waals surface area contributed by atoms with E-state index in [2.05, 4.69) is 15.9 Å². The molecule has 3 N–H and O–H groups in total. The maximum Gasteiger partial charge on any atom is 0.411 e. The molecule has 0 unspecified atom stereocenters. The molecule has 0 aliphatic carbocycles. The molecular weight excluding hydrogens is 310 g/mol. The Balaban J connectivity index is 0.00000120. The lowest BCUT2D eigenvalue weighted by Gasteiger charge is -2.39. The highest BCUT2D eigenvalue weighted by molar-refractivity contribution is 9.09. The van der Waals surface area contributed by atoms with Gasteiger partial charge in [-0.1, -0.05) is 15.9 Å². The van der Waals surface area contributed by atoms with Crippen LogP contribution in [-0.4, -0.2) is 63.3 Å². The van der Waals surface area contributed by atoms with E-state index in [1.165, 1.54) is 4.90 Å². The minimum Gasteiger partial charge on any atom is -0.480 e. The zero-order valence-corrected chi connectivity index (χ0v) is 11.1. The Morgan fingerprint density at radius 3 is 2.94 bits per heavy atom. The van der Waals surface area contributed by atoms with Gasteiger partial charge < -0.3 is 20.1 Å². The van der Waals surface area contributed by atoms with E-state index in [1.807, 2.05) is 0 Å². The molecule has 0 radical (unpaired) electrons. The summed E-state index contributed by atoms with van der Waals surface area (Å²) in [6.45, 7) is 0.834. The number of ether oxygens (including phenoxy) is 2. The standard InChI is InChI=1S/C10H12BrNO5.H2O/c11-5-3-16-4-10-2-1-6(8(13)14)12(10)9(15)17-7(5)10;/h5-7H,1-4H2,(H,13,14);1H2/t5-,6-,7+,10-;/m1./s1. The summed E-state index contributed by atoms with van der Waals surface area (Å²) in [7, 11) is 0. The first-order chi connectivity index (χ1) is 8.06. The van der Waals surface area contributed by atoms with Crippen molar-refractivity contribution in [1.82, 2.24) is 4.90 Å². The van der Waals surface area contributed by atoms with Crippen LogP contribution in [-0.2, 0) is 14.3 Å². The quantitative estimate of drug-likeness (QED) is 0.670. The van der Waals surface area contributed by atoms with Crippen LogP contribution in [0.2, 0.25) is 0 Å². The maximum absolute atomic E-state index is 11.8. The summed E-state index contributed by atoms with van der Waals surface area (Å²) in [5, 5.41) is 9.13. The number of carboxylic acids is 1. The van der Waals surface area contributed by atoms with E-state index < -0.39 is 23.6 Å². The number of hydrogen-bond donors (Lipinski definition) is 1. The fraction of sp³-hybridized carbons (Fsp3) is 0.800. The number of alkyl halides is 1. The Morgan fingerprint density at radius 2 is 2.28 bits per heavy atom. The molecule has 4 atom stereocenters. The predicted molar refractivity (Wildman–Crippen MR) is 62.6 cm³/mol. The van der Waals surface area contributed by atoms with Gasteiger partial charge in [0.15, 0.2) is 0 Å². The van der Waals surface area contributed by atoms with Crippen LogP contribution in [0.3, 0.4) is 0 Å². The van der Waals surface area contributed by atoms with Crippen molar-refractivity contribution in [2.45, 2.75) is 35.4 Å². The van der Waals surface area contributed by atoms with Crippen molar-refractivity contribution >= 4 is 28.0 Å². The smallest absolute Gasteiger partial charge is 0.411 e. The Morgan fingerprint density at radius 1 is 1.56 bits per heavy atom. The molecule has 0 bridgehead atoms. The highest BCUT2D eigenvalue weighted by Gasteiger charge is 2.65. The summed E-state index contributed by atoms with van der Waals surface area (Å²) < 4.78 is 10.8. The first kappa shape index (κ1) is 13.6. The molecule has 7 nitrogen and oxygen atoms in total. The van der Waals surface area contributed by atoms with Crippen molar-refractivity contribution in [1.29, 1.82) is 0 Å². The lowest BCUT2D eigenvalue weighted by Crippen LogP contribution is -2.59. The van der Waals surface area contributed by atoms with Gasteiger partial charge in [0, 0.05) is 0 Å². The van der Waals surface area contributed by atoms with Crippen molar-refractivity contribution in [3.8, 4) is 0 Å². The molecule has 8 heteroatoms. The van der Waals surface area contributed by atoms with Gasteiger partial charge in [-0.05, 0) is 12.8 Å². The molecule has 3 aliphatic heterocycles. The van der Waals surface area contributed by atoms with Crippen LogP contribution in [0.25, 0.3) is 0 Å². The lowest BCUT2D eigenvalue weighted by molar-refractivity contribution is -0.142. The molecule has 3 saturated heterocycles. The third-order valence-corrected chi connectivity index (χ3v) is 4.58.